The van der Waals surface area contributed by atoms with E-state index in [4.69, 9.17) is 10.9 Å². The minimum Gasteiger partial charge on any atom is -0.409 e. The molecule has 2 rings (SSSR count). The molecule has 5 heteroatoms. The van der Waals surface area contributed by atoms with Crippen LogP contribution in [-0.4, -0.2) is 28.5 Å². The summed E-state index contributed by atoms with van der Waals surface area (Å²) in [7, 11) is 0. The number of nitrogens with two attached hydrogens (primary N) is 1. The van der Waals surface area contributed by atoms with Gasteiger partial charge in [0.25, 0.3) is 0 Å². The molecule has 1 aliphatic heterocycles. The van der Waals surface area contributed by atoms with Gasteiger partial charge in [0.2, 0.25) is 0 Å². The maximum atomic E-state index is 13.7. The topological polar surface area (TPSA) is 61.8 Å². The van der Waals surface area contributed by atoms with Gasteiger partial charge in [-0.15, -0.1) is 0 Å². The van der Waals surface area contributed by atoms with E-state index in [1.54, 1.807) is 6.07 Å². The highest BCUT2D eigenvalue weighted by atomic mass is 19.1. The van der Waals surface area contributed by atoms with Crippen molar-refractivity contribution >= 4 is 5.84 Å². The van der Waals surface area contributed by atoms with Gasteiger partial charge in [0.15, 0.2) is 5.84 Å². The van der Waals surface area contributed by atoms with Crippen LogP contribution in [0.15, 0.2) is 23.4 Å². The molecular formula is C16H24FN3O. The molecule has 4 nitrogen and oxygen atoms in total. The lowest BCUT2D eigenvalue weighted by molar-refractivity contribution is 0.131. The molecule has 1 aromatic carbocycles. The highest BCUT2D eigenvalue weighted by Crippen LogP contribution is 2.23. The van der Waals surface area contributed by atoms with Gasteiger partial charge in [-0.1, -0.05) is 24.9 Å². The molecule has 1 heterocycles. The monoisotopic (exact) mass is 293 g/mol. The van der Waals surface area contributed by atoms with E-state index in [0.717, 1.165) is 12.1 Å². The van der Waals surface area contributed by atoms with E-state index in [1.807, 2.05) is 0 Å². The third kappa shape index (κ3) is 4.17. The second-order valence-corrected chi connectivity index (χ2v) is 5.74. The Morgan fingerprint density at radius 3 is 2.95 bits per heavy atom. The molecule has 1 aliphatic rings. The highest BCUT2D eigenvalue weighted by Gasteiger charge is 2.21. The van der Waals surface area contributed by atoms with Gasteiger partial charge >= 0.3 is 0 Å². The van der Waals surface area contributed by atoms with E-state index in [9.17, 15) is 4.39 Å². The van der Waals surface area contributed by atoms with Crippen molar-refractivity contribution in [2.45, 2.75) is 51.6 Å². The predicted octanol–water partition coefficient (Wildman–Crippen LogP) is 3.07. The number of amidine groups is 1. The van der Waals surface area contributed by atoms with Crippen LogP contribution in [0.1, 0.15) is 50.2 Å². The molecule has 0 saturated carbocycles. The number of oxime groups is 1. The molecule has 0 radical (unpaired) electrons. The Kier molecular flexibility index (Phi) is 5.56. The van der Waals surface area contributed by atoms with Crippen molar-refractivity contribution in [1.29, 1.82) is 0 Å². The number of rotatable bonds is 5. The standard InChI is InChI=1S/C16H24FN3O/c1-2-5-15-6-3-4-7-20(15)11-12-8-13(16(18)19-21)10-14(17)9-12/h8-10,15,21H,2-7,11H2,1H3,(H2,18,19). The first-order chi connectivity index (χ1) is 10.1. The molecule has 1 aromatic rings. The van der Waals surface area contributed by atoms with E-state index in [1.165, 1.54) is 44.2 Å². The van der Waals surface area contributed by atoms with Crippen molar-refractivity contribution in [1.82, 2.24) is 4.90 Å². The molecule has 1 saturated heterocycles. The van der Waals surface area contributed by atoms with Gasteiger partial charge < -0.3 is 10.9 Å². The summed E-state index contributed by atoms with van der Waals surface area (Å²) >= 11 is 0. The highest BCUT2D eigenvalue weighted by molar-refractivity contribution is 5.97. The SMILES string of the molecule is CCCC1CCCCN1Cc1cc(F)cc(/C(N)=N/O)c1. The first-order valence-electron chi connectivity index (χ1n) is 7.65. The molecule has 0 amide bonds. The van der Waals surface area contributed by atoms with Crippen LogP contribution in [0.3, 0.4) is 0 Å². The van der Waals surface area contributed by atoms with Crippen molar-refractivity contribution in [2.24, 2.45) is 10.9 Å². The van der Waals surface area contributed by atoms with Crippen molar-refractivity contribution < 1.29 is 9.60 Å². The number of halogens is 1. The summed E-state index contributed by atoms with van der Waals surface area (Å²) in [5.74, 6) is -0.405. The van der Waals surface area contributed by atoms with E-state index in [2.05, 4.69) is 17.0 Å². The van der Waals surface area contributed by atoms with Crippen LogP contribution in [0.5, 0.6) is 0 Å². The molecule has 3 N–H and O–H groups in total. The van der Waals surface area contributed by atoms with Crippen molar-refractivity contribution in [3.63, 3.8) is 0 Å². The van der Waals surface area contributed by atoms with Crippen LogP contribution in [0.4, 0.5) is 4.39 Å². The number of nitrogens with zero attached hydrogens (tertiary/aromatic N) is 2. The summed E-state index contributed by atoms with van der Waals surface area (Å²) in [5, 5.41) is 11.7. The van der Waals surface area contributed by atoms with Gasteiger partial charge in [-0.2, -0.15) is 0 Å². The second-order valence-electron chi connectivity index (χ2n) is 5.74. The van der Waals surface area contributed by atoms with Gasteiger partial charge in [0.1, 0.15) is 5.82 Å². The van der Waals surface area contributed by atoms with Crippen molar-refractivity contribution in [3.8, 4) is 0 Å². The van der Waals surface area contributed by atoms with Crippen molar-refractivity contribution in [2.75, 3.05) is 6.54 Å². The molecule has 1 atom stereocenters. The Balaban J connectivity index is 2.15. The number of benzene rings is 1. The number of hydrogen-bond acceptors (Lipinski definition) is 3. The summed E-state index contributed by atoms with van der Waals surface area (Å²) in [6.45, 7) is 3.97. The normalized spacial score (nSPS) is 20.7. The van der Waals surface area contributed by atoms with Gasteiger partial charge in [0, 0.05) is 18.2 Å². The van der Waals surface area contributed by atoms with E-state index in [0.29, 0.717) is 18.2 Å². The van der Waals surface area contributed by atoms with Crippen LogP contribution in [0.25, 0.3) is 0 Å². The van der Waals surface area contributed by atoms with Crippen LogP contribution < -0.4 is 5.73 Å². The lowest BCUT2D eigenvalue weighted by atomic mass is 9.97. The maximum absolute atomic E-state index is 13.7. The molecule has 0 aliphatic carbocycles. The first kappa shape index (κ1) is 15.8. The zero-order valence-electron chi connectivity index (χ0n) is 12.6. The van der Waals surface area contributed by atoms with Crippen LogP contribution in [0, 0.1) is 5.82 Å². The molecule has 21 heavy (non-hydrogen) atoms. The summed E-state index contributed by atoms with van der Waals surface area (Å²) in [6, 6.07) is 5.21. The zero-order chi connectivity index (χ0) is 15.2. The fourth-order valence-corrected chi connectivity index (χ4v) is 3.11. The summed E-state index contributed by atoms with van der Waals surface area (Å²) < 4.78 is 13.7. The molecule has 116 valence electrons. The largest absolute Gasteiger partial charge is 0.409 e. The number of likely N-dealkylation sites (tertiary alicyclic amines) is 1. The zero-order valence-corrected chi connectivity index (χ0v) is 12.6. The van der Waals surface area contributed by atoms with Gasteiger partial charge in [-0.05, 0) is 49.6 Å². The third-order valence-corrected chi connectivity index (χ3v) is 4.12. The molecule has 1 fully saturated rings. The van der Waals surface area contributed by atoms with Crippen LogP contribution in [-0.2, 0) is 6.54 Å². The molecule has 1 unspecified atom stereocenters. The van der Waals surface area contributed by atoms with Gasteiger partial charge in [0.05, 0.1) is 0 Å². The summed E-state index contributed by atoms with van der Waals surface area (Å²) in [5.41, 5.74) is 6.86. The van der Waals surface area contributed by atoms with Crippen LogP contribution >= 0.6 is 0 Å². The average Bonchev–Trinajstić information content (AvgIpc) is 2.48. The number of hydrogen-bond donors (Lipinski definition) is 2. The Bertz CT molecular complexity index is 502. The van der Waals surface area contributed by atoms with Gasteiger partial charge in [-0.3, -0.25) is 4.90 Å². The van der Waals surface area contributed by atoms with Gasteiger partial charge in [-0.25, -0.2) is 4.39 Å². The Hall–Kier alpha value is -1.62. The number of piperidine rings is 1. The quantitative estimate of drug-likeness (QED) is 0.379. The fourth-order valence-electron chi connectivity index (χ4n) is 3.11. The summed E-state index contributed by atoms with van der Waals surface area (Å²) in [6.07, 6.45) is 6.04. The fraction of sp³-hybridized carbons (Fsp3) is 0.562. The molecule has 0 spiro atoms. The van der Waals surface area contributed by atoms with Crippen molar-refractivity contribution in [3.05, 3.63) is 35.1 Å². The van der Waals surface area contributed by atoms with E-state index in [-0.39, 0.29) is 11.7 Å². The molecular weight excluding hydrogens is 269 g/mol. The first-order valence-corrected chi connectivity index (χ1v) is 7.65. The maximum Gasteiger partial charge on any atom is 0.170 e. The summed E-state index contributed by atoms with van der Waals surface area (Å²) in [4.78, 5) is 2.43. The predicted molar refractivity (Wildman–Crippen MR) is 81.9 cm³/mol. The lowest BCUT2D eigenvalue weighted by Crippen LogP contribution is -2.38. The Labute approximate surface area is 125 Å². The Morgan fingerprint density at radius 2 is 2.24 bits per heavy atom. The lowest BCUT2D eigenvalue weighted by Gasteiger charge is -2.35. The molecule has 0 aromatic heterocycles. The van der Waals surface area contributed by atoms with Crippen LogP contribution in [0.2, 0.25) is 0 Å². The second kappa shape index (κ2) is 7.41. The Morgan fingerprint density at radius 1 is 1.43 bits per heavy atom. The molecule has 0 bridgehead atoms. The smallest absolute Gasteiger partial charge is 0.170 e. The minimum absolute atomic E-state index is 0.0560. The third-order valence-electron chi connectivity index (χ3n) is 4.12. The minimum atomic E-state index is -0.349. The average molecular weight is 293 g/mol. The van der Waals surface area contributed by atoms with E-state index < -0.39 is 0 Å². The van der Waals surface area contributed by atoms with E-state index >= 15 is 0 Å².